The third-order valence-electron chi connectivity index (χ3n) is 6.22. The number of piperidine rings is 1. The summed E-state index contributed by atoms with van der Waals surface area (Å²) in [6.07, 6.45) is 6.09. The molecular weight excluding hydrogens is 454 g/mol. The molecule has 2 aromatic heterocycles. The van der Waals surface area contributed by atoms with Crippen LogP contribution in [0.1, 0.15) is 30.4 Å². The van der Waals surface area contributed by atoms with Crippen LogP contribution in [-0.2, 0) is 24.3 Å². The van der Waals surface area contributed by atoms with Crippen molar-refractivity contribution in [1.29, 1.82) is 0 Å². The highest BCUT2D eigenvalue weighted by molar-refractivity contribution is 7.99. The first kappa shape index (κ1) is 22.2. The fraction of sp³-hybridized carbons (Fsp3) is 0.417. The molecule has 0 N–H and O–H groups in total. The summed E-state index contributed by atoms with van der Waals surface area (Å²) in [5.41, 5.74) is 2.89. The van der Waals surface area contributed by atoms with E-state index in [1.54, 1.807) is 10.6 Å². The minimum Gasteiger partial charge on any atom is -0.348 e. The molecule has 1 aromatic carbocycles. The van der Waals surface area contributed by atoms with E-state index in [1.165, 1.54) is 40.6 Å². The number of hydrogen-bond donors (Lipinski definition) is 0. The predicted octanol–water partition coefficient (Wildman–Crippen LogP) is 3.71. The van der Waals surface area contributed by atoms with Crippen molar-refractivity contribution in [2.24, 2.45) is 0 Å². The number of carbonyl (C=O) groups excluding carboxylic acids is 1. The zero-order valence-electron chi connectivity index (χ0n) is 18.5. The summed E-state index contributed by atoms with van der Waals surface area (Å²) >= 11 is 2.73. The maximum absolute atomic E-state index is 13.2. The van der Waals surface area contributed by atoms with Gasteiger partial charge in [0.05, 0.1) is 5.75 Å². The lowest BCUT2D eigenvalue weighted by Crippen LogP contribution is -2.37. The molecule has 9 heteroatoms. The number of anilines is 1. The molecular formula is C24H27N5O2S2. The van der Waals surface area contributed by atoms with E-state index in [0.29, 0.717) is 35.1 Å². The molecule has 0 atom stereocenters. The van der Waals surface area contributed by atoms with Gasteiger partial charge in [0.1, 0.15) is 4.70 Å². The highest BCUT2D eigenvalue weighted by atomic mass is 32.2. The topological polar surface area (TPSA) is 71.3 Å². The van der Waals surface area contributed by atoms with Crippen molar-refractivity contribution < 1.29 is 4.79 Å². The molecule has 33 heavy (non-hydrogen) atoms. The molecule has 0 aliphatic carbocycles. The number of thioether (sulfide) groups is 1. The second-order valence-corrected chi connectivity index (χ2v) is 10.3. The molecule has 1 saturated heterocycles. The van der Waals surface area contributed by atoms with Crippen molar-refractivity contribution in [3.05, 3.63) is 58.4 Å². The Bertz CT molecular complexity index is 1250. The number of fused-ring (bicyclic) bond motifs is 2. The largest absolute Gasteiger partial charge is 0.348 e. The number of rotatable bonds is 6. The third-order valence-corrected chi connectivity index (χ3v) is 8.27. The molecule has 4 heterocycles. The number of nitrogens with zero attached hydrogens (tertiary/aromatic N) is 5. The van der Waals surface area contributed by atoms with Crippen LogP contribution in [0, 0.1) is 0 Å². The lowest BCUT2D eigenvalue weighted by molar-refractivity contribution is -0.129. The average Bonchev–Trinajstić information content (AvgIpc) is 3.29. The molecule has 172 valence electrons. The highest BCUT2D eigenvalue weighted by Gasteiger charge is 2.23. The van der Waals surface area contributed by atoms with Gasteiger partial charge in [0.15, 0.2) is 15.9 Å². The summed E-state index contributed by atoms with van der Waals surface area (Å²) < 4.78 is 2.18. The smallest absolute Gasteiger partial charge is 0.274 e. The van der Waals surface area contributed by atoms with Gasteiger partial charge in [-0.05, 0) is 36.8 Å². The van der Waals surface area contributed by atoms with Crippen LogP contribution in [0.5, 0.6) is 0 Å². The van der Waals surface area contributed by atoms with Crippen molar-refractivity contribution in [3.63, 3.8) is 0 Å². The van der Waals surface area contributed by atoms with Crippen molar-refractivity contribution in [2.75, 3.05) is 30.3 Å². The summed E-state index contributed by atoms with van der Waals surface area (Å²) in [5, 5.41) is 1.39. The van der Waals surface area contributed by atoms with Crippen LogP contribution >= 0.6 is 23.1 Å². The number of amides is 1. The van der Waals surface area contributed by atoms with E-state index in [9.17, 15) is 9.59 Å². The molecule has 3 aromatic rings. The van der Waals surface area contributed by atoms with Crippen LogP contribution in [-0.4, -0.2) is 50.7 Å². The maximum Gasteiger partial charge on any atom is 0.274 e. The minimum atomic E-state index is -0.109. The van der Waals surface area contributed by atoms with Gasteiger partial charge in [0.2, 0.25) is 5.91 Å². The Hall–Kier alpha value is -2.65. The first-order valence-electron chi connectivity index (χ1n) is 11.4. The fourth-order valence-electron chi connectivity index (χ4n) is 4.42. The third kappa shape index (κ3) is 4.56. The van der Waals surface area contributed by atoms with Crippen LogP contribution in [0.25, 0.3) is 10.3 Å². The normalized spacial score (nSPS) is 16.1. The van der Waals surface area contributed by atoms with E-state index in [-0.39, 0.29) is 17.2 Å². The minimum absolute atomic E-state index is 0.0567. The number of carbonyl (C=O) groups is 1. The summed E-state index contributed by atoms with van der Waals surface area (Å²) in [7, 11) is 0. The molecule has 0 radical (unpaired) electrons. The predicted molar refractivity (Wildman–Crippen MR) is 134 cm³/mol. The number of allylic oxidation sites excluding steroid dienone is 1. The Kier molecular flexibility index (Phi) is 6.50. The average molecular weight is 482 g/mol. The van der Waals surface area contributed by atoms with Gasteiger partial charge in [0.25, 0.3) is 5.56 Å². The Morgan fingerprint density at radius 3 is 2.70 bits per heavy atom. The van der Waals surface area contributed by atoms with Gasteiger partial charge in [-0.1, -0.05) is 53.4 Å². The van der Waals surface area contributed by atoms with Crippen molar-refractivity contribution in [1.82, 2.24) is 19.4 Å². The second-order valence-electron chi connectivity index (χ2n) is 8.42. The van der Waals surface area contributed by atoms with Crippen molar-refractivity contribution in [3.8, 4) is 0 Å². The first-order chi connectivity index (χ1) is 16.1. The van der Waals surface area contributed by atoms with Gasteiger partial charge >= 0.3 is 0 Å². The van der Waals surface area contributed by atoms with Crippen LogP contribution in [0.15, 0.2) is 46.9 Å². The van der Waals surface area contributed by atoms with E-state index >= 15 is 0 Å². The summed E-state index contributed by atoms with van der Waals surface area (Å²) in [4.78, 5) is 39.7. The van der Waals surface area contributed by atoms with Gasteiger partial charge < -0.3 is 9.80 Å². The number of hydrogen-bond acceptors (Lipinski definition) is 7. The molecule has 0 spiro atoms. The van der Waals surface area contributed by atoms with E-state index in [4.69, 9.17) is 4.98 Å². The summed E-state index contributed by atoms with van der Waals surface area (Å²) in [6, 6.07) is 8.27. The lowest BCUT2D eigenvalue weighted by Gasteiger charge is -2.28. The zero-order valence-corrected chi connectivity index (χ0v) is 20.2. The highest BCUT2D eigenvalue weighted by Crippen LogP contribution is 2.29. The molecule has 0 unspecified atom stereocenters. The van der Waals surface area contributed by atoms with Crippen LogP contribution < -0.4 is 10.5 Å². The Morgan fingerprint density at radius 2 is 1.91 bits per heavy atom. The summed E-state index contributed by atoms with van der Waals surface area (Å²) in [5.74, 6) is 0.293. The van der Waals surface area contributed by atoms with Gasteiger partial charge in [-0.15, -0.1) is 6.58 Å². The zero-order chi connectivity index (χ0) is 22.8. The van der Waals surface area contributed by atoms with E-state index in [1.807, 2.05) is 17.0 Å². The molecule has 2 aliphatic rings. The van der Waals surface area contributed by atoms with Gasteiger partial charge in [-0.3, -0.25) is 14.2 Å². The first-order valence-corrected chi connectivity index (χ1v) is 13.2. The van der Waals surface area contributed by atoms with Crippen LogP contribution in [0.3, 0.4) is 0 Å². The number of thiazole rings is 1. The van der Waals surface area contributed by atoms with Crippen molar-refractivity contribution >= 4 is 44.5 Å². The fourth-order valence-corrected chi connectivity index (χ4v) is 6.33. The lowest BCUT2D eigenvalue weighted by atomic mass is 10.00. The Morgan fingerprint density at radius 1 is 1.12 bits per heavy atom. The standard InChI is InChI=1S/C24H27N5O2S2/c1-2-11-29-22(31)20-21(25-23(33-20)27-12-6-3-7-13-27)26-24(29)32-16-19(30)28-14-10-17-8-4-5-9-18(17)15-28/h2,4-5,8-9H,1,3,6-7,10-16H2. The Balaban J connectivity index is 1.36. The molecule has 2 aliphatic heterocycles. The molecule has 7 nitrogen and oxygen atoms in total. The van der Waals surface area contributed by atoms with E-state index in [2.05, 4.69) is 28.6 Å². The molecule has 0 bridgehead atoms. The van der Waals surface area contributed by atoms with E-state index < -0.39 is 0 Å². The number of aromatic nitrogens is 3. The SMILES string of the molecule is C=CCn1c(SCC(=O)N2CCc3ccccc3C2)nc2nc(N3CCCCC3)sc2c1=O. The van der Waals surface area contributed by atoms with Crippen LogP contribution in [0.4, 0.5) is 5.13 Å². The van der Waals surface area contributed by atoms with E-state index in [0.717, 1.165) is 37.5 Å². The quantitative estimate of drug-likeness (QED) is 0.304. The van der Waals surface area contributed by atoms with Gasteiger partial charge in [-0.2, -0.15) is 4.98 Å². The second kappa shape index (κ2) is 9.69. The van der Waals surface area contributed by atoms with Crippen LogP contribution in [0.2, 0.25) is 0 Å². The van der Waals surface area contributed by atoms with Gasteiger partial charge in [-0.25, -0.2) is 4.98 Å². The summed E-state index contributed by atoms with van der Waals surface area (Å²) in [6.45, 7) is 7.43. The molecule has 1 fully saturated rings. The Labute approximate surface area is 201 Å². The maximum atomic E-state index is 13.2. The molecule has 5 rings (SSSR count). The van der Waals surface area contributed by atoms with Crippen molar-refractivity contribution in [2.45, 2.75) is 43.9 Å². The van der Waals surface area contributed by atoms with Gasteiger partial charge in [0, 0.05) is 32.7 Å². The molecule has 1 amide bonds. The molecule has 0 saturated carbocycles. The number of benzene rings is 1. The monoisotopic (exact) mass is 481 g/mol.